The summed E-state index contributed by atoms with van der Waals surface area (Å²) in [4.78, 5) is 13.2. The van der Waals surface area contributed by atoms with Crippen molar-refractivity contribution in [3.05, 3.63) is 109 Å². The number of hydrogen-bond donors (Lipinski definition) is 2. The fourth-order valence-corrected chi connectivity index (χ4v) is 6.03. The Morgan fingerprint density at radius 2 is 1.33 bits per heavy atom. The van der Waals surface area contributed by atoms with Crippen molar-refractivity contribution in [1.29, 1.82) is 0 Å². The van der Waals surface area contributed by atoms with Crippen LogP contribution < -0.4 is 19.1 Å². The van der Waals surface area contributed by atoms with Crippen LogP contribution in [0.4, 0.5) is 17.1 Å². The number of para-hydroxylation sites is 1. The topological polar surface area (TPSA) is 122 Å². The molecule has 0 bridgehead atoms. The number of sulfonamides is 2. The molecule has 0 fully saturated rings. The molecule has 0 saturated heterocycles. The van der Waals surface area contributed by atoms with Crippen molar-refractivity contribution in [2.24, 2.45) is 0 Å². The second-order valence-electron chi connectivity index (χ2n) is 8.34. The van der Waals surface area contributed by atoms with Gasteiger partial charge in [-0.05, 0) is 79.7 Å². The zero-order chi connectivity index (χ0) is 28.0. The molecule has 0 unspecified atom stereocenters. The van der Waals surface area contributed by atoms with E-state index in [1.165, 1.54) is 55.6 Å². The van der Waals surface area contributed by atoms with Crippen LogP contribution in [-0.2, 0) is 20.0 Å². The quantitative estimate of drug-likeness (QED) is 0.280. The van der Waals surface area contributed by atoms with E-state index >= 15 is 0 Å². The van der Waals surface area contributed by atoms with Crippen molar-refractivity contribution >= 4 is 43.0 Å². The smallest absolute Gasteiger partial charge is 0.264 e. The van der Waals surface area contributed by atoms with Crippen molar-refractivity contribution in [2.45, 2.75) is 16.7 Å². The van der Waals surface area contributed by atoms with Gasteiger partial charge in [-0.2, -0.15) is 0 Å². The third kappa shape index (κ3) is 6.39. The highest BCUT2D eigenvalue weighted by molar-refractivity contribution is 7.93. The van der Waals surface area contributed by atoms with Crippen LogP contribution in [-0.4, -0.2) is 36.4 Å². The Morgan fingerprint density at radius 3 is 1.97 bits per heavy atom. The van der Waals surface area contributed by atoms with Crippen LogP contribution in [0, 0.1) is 0 Å². The lowest BCUT2D eigenvalue weighted by atomic mass is 10.1. The van der Waals surface area contributed by atoms with Crippen molar-refractivity contribution < 1.29 is 26.4 Å². The van der Waals surface area contributed by atoms with Gasteiger partial charge in [-0.3, -0.25) is 13.8 Å². The second kappa shape index (κ2) is 11.6. The molecular weight excluding hydrogens is 538 g/mol. The molecule has 0 spiro atoms. The first kappa shape index (κ1) is 27.7. The molecular formula is C28H27N3O6S2. The van der Waals surface area contributed by atoms with Gasteiger partial charge in [0.1, 0.15) is 5.75 Å². The molecule has 4 rings (SSSR count). The summed E-state index contributed by atoms with van der Waals surface area (Å²) in [5.74, 6) is 0.0785. The highest BCUT2D eigenvalue weighted by Crippen LogP contribution is 2.27. The minimum absolute atomic E-state index is 0.00321. The first-order valence-electron chi connectivity index (χ1n) is 11.9. The van der Waals surface area contributed by atoms with Crippen molar-refractivity contribution in [2.75, 3.05) is 28.0 Å². The maximum absolute atomic E-state index is 13.1. The Bertz CT molecular complexity index is 1660. The van der Waals surface area contributed by atoms with Crippen molar-refractivity contribution in [1.82, 2.24) is 0 Å². The zero-order valence-corrected chi connectivity index (χ0v) is 22.9. The molecule has 0 atom stereocenters. The predicted molar refractivity (Wildman–Crippen MR) is 151 cm³/mol. The van der Waals surface area contributed by atoms with E-state index in [1.807, 2.05) is 6.92 Å². The lowest BCUT2D eigenvalue weighted by molar-refractivity contribution is 0.102. The molecule has 0 aromatic heterocycles. The molecule has 4 aromatic rings. The number of carbonyl (C=O) groups is 1. The Hall–Kier alpha value is -4.35. The first-order chi connectivity index (χ1) is 18.6. The first-order valence-corrected chi connectivity index (χ1v) is 14.8. The van der Waals surface area contributed by atoms with E-state index in [0.29, 0.717) is 23.7 Å². The molecule has 0 saturated carbocycles. The highest BCUT2D eigenvalue weighted by Gasteiger charge is 2.25. The average molecular weight is 566 g/mol. The summed E-state index contributed by atoms with van der Waals surface area (Å²) in [7, 11) is -6.39. The molecule has 0 aliphatic heterocycles. The Balaban J connectivity index is 1.50. The Labute approximate surface area is 228 Å². The molecule has 0 aliphatic carbocycles. The lowest BCUT2D eigenvalue weighted by Gasteiger charge is -2.22. The standard InChI is InChI=1S/C28H27N3O6S2/c1-3-37-23-17-13-22(14-18-23)30-38(33,34)24-19-15-21(16-20-24)29-28(32)26-11-7-8-12-27(26)31(2)39(35,36)25-9-5-4-6-10-25/h4-20,30H,3H2,1-2H3,(H,29,32). The monoisotopic (exact) mass is 565 g/mol. The number of nitrogens with one attached hydrogen (secondary N) is 2. The van der Waals surface area contributed by atoms with Crippen LogP contribution >= 0.6 is 0 Å². The maximum atomic E-state index is 13.1. The minimum Gasteiger partial charge on any atom is -0.494 e. The number of ether oxygens (including phenoxy) is 1. The van der Waals surface area contributed by atoms with Gasteiger partial charge in [-0.15, -0.1) is 0 Å². The van der Waals surface area contributed by atoms with Crippen molar-refractivity contribution in [3.8, 4) is 5.75 Å². The van der Waals surface area contributed by atoms with E-state index in [-0.39, 0.29) is 21.0 Å². The number of carbonyl (C=O) groups excluding carboxylic acids is 1. The van der Waals surface area contributed by atoms with E-state index < -0.39 is 26.0 Å². The average Bonchev–Trinajstić information content (AvgIpc) is 2.94. The number of anilines is 3. The van der Waals surface area contributed by atoms with Gasteiger partial charge >= 0.3 is 0 Å². The van der Waals surface area contributed by atoms with E-state index in [0.717, 1.165) is 4.31 Å². The van der Waals surface area contributed by atoms with E-state index in [1.54, 1.807) is 54.6 Å². The SMILES string of the molecule is CCOc1ccc(NS(=O)(=O)c2ccc(NC(=O)c3ccccc3N(C)S(=O)(=O)c3ccccc3)cc2)cc1. The molecule has 0 heterocycles. The van der Waals surface area contributed by atoms with Gasteiger partial charge in [0.25, 0.3) is 26.0 Å². The third-order valence-corrected chi connectivity index (χ3v) is 8.91. The molecule has 4 aromatic carbocycles. The van der Waals surface area contributed by atoms with Gasteiger partial charge in [0.05, 0.1) is 27.6 Å². The van der Waals surface area contributed by atoms with Gasteiger partial charge in [-0.25, -0.2) is 16.8 Å². The maximum Gasteiger partial charge on any atom is 0.264 e. The number of rotatable bonds is 10. The number of nitrogens with zero attached hydrogens (tertiary/aromatic N) is 1. The van der Waals surface area contributed by atoms with E-state index in [4.69, 9.17) is 4.74 Å². The van der Waals surface area contributed by atoms with Gasteiger partial charge in [0, 0.05) is 18.4 Å². The summed E-state index contributed by atoms with van der Waals surface area (Å²) >= 11 is 0. The zero-order valence-electron chi connectivity index (χ0n) is 21.2. The number of amides is 1. The Morgan fingerprint density at radius 1 is 0.744 bits per heavy atom. The molecule has 0 radical (unpaired) electrons. The summed E-state index contributed by atoms with van der Waals surface area (Å²) < 4.78 is 60.7. The number of hydrogen-bond acceptors (Lipinski definition) is 6. The van der Waals surface area contributed by atoms with Gasteiger partial charge in [0.15, 0.2) is 0 Å². The fraction of sp³-hybridized carbons (Fsp3) is 0.107. The number of benzene rings is 4. The molecule has 1 amide bonds. The molecule has 0 aliphatic rings. The van der Waals surface area contributed by atoms with Gasteiger partial charge < -0.3 is 10.1 Å². The van der Waals surface area contributed by atoms with Gasteiger partial charge in [-0.1, -0.05) is 30.3 Å². The fourth-order valence-electron chi connectivity index (χ4n) is 3.74. The minimum atomic E-state index is -3.90. The summed E-state index contributed by atoms with van der Waals surface area (Å²) in [6, 6.07) is 26.4. The normalized spacial score (nSPS) is 11.4. The predicted octanol–water partition coefficient (Wildman–Crippen LogP) is 4.96. The molecule has 11 heteroatoms. The van der Waals surface area contributed by atoms with Gasteiger partial charge in [0.2, 0.25) is 0 Å². The molecule has 9 nitrogen and oxygen atoms in total. The van der Waals surface area contributed by atoms with Crippen LogP contribution in [0.5, 0.6) is 5.75 Å². The highest BCUT2D eigenvalue weighted by atomic mass is 32.2. The summed E-state index contributed by atoms with van der Waals surface area (Å²) in [6.07, 6.45) is 0. The summed E-state index contributed by atoms with van der Waals surface area (Å²) in [5, 5.41) is 2.70. The van der Waals surface area contributed by atoms with Crippen LogP contribution in [0.3, 0.4) is 0 Å². The molecule has 202 valence electrons. The van der Waals surface area contributed by atoms with E-state index in [9.17, 15) is 21.6 Å². The third-order valence-electron chi connectivity index (χ3n) is 5.73. The largest absolute Gasteiger partial charge is 0.494 e. The lowest BCUT2D eigenvalue weighted by Crippen LogP contribution is -2.29. The van der Waals surface area contributed by atoms with Crippen LogP contribution in [0.25, 0.3) is 0 Å². The van der Waals surface area contributed by atoms with Crippen molar-refractivity contribution in [3.63, 3.8) is 0 Å². The van der Waals surface area contributed by atoms with E-state index in [2.05, 4.69) is 10.0 Å². The second-order valence-corrected chi connectivity index (χ2v) is 12.0. The summed E-state index contributed by atoms with van der Waals surface area (Å²) in [6.45, 7) is 2.36. The van der Waals surface area contributed by atoms with Crippen LogP contribution in [0.15, 0.2) is 113 Å². The van der Waals surface area contributed by atoms with Crippen LogP contribution in [0.2, 0.25) is 0 Å². The Kier molecular flexibility index (Phi) is 8.22. The summed E-state index contributed by atoms with van der Waals surface area (Å²) in [5.41, 5.74) is 1.04. The van der Waals surface area contributed by atoms with Crippen LogP contribution in [0.1, 0.15) is 17.3 Å². The molecule has 2 N–H and O–H groups in total. The molecule has 39 heavy (non-hydrogen) atoms.